The Morgan fingerprint density at radius 3 is 2.81 bits per heavy atom. The minimum atomic E-state index is -0.362. The second kappa shape index (κ2) is 7.99. The number of amides is 1. The fourth-order valence-corrected chi connectivity index (χ4v) is 3.53. The highest BCUT2D eigenvalue weighted by Crippen LogP contribution is 2.35. The molecular formula is C20H25FN2O3. The highest BCUT2D eigenvalue weighted by molar-refractivity contribution is 5.78. The summed E-state index contributed by atoms with van der Waals surface area (Å²) in [6.07, 6.45) is 5.36. The van der Waals surface area contributed by atoms with Crippen molar-refractivity contribution in [2.75, 3.05) is 13.2 Å². The molecule has 0 unspecified atom stereocenters. The lowest BCUT2D eigenvalue weighted by atomic mass is 9.74. The average Bonchev–Trinajstić information content (AvgIpc) is 3.01. The molecule has 3 rings (SSSR count). The van der Waals surface area contributed by atoms with Gasteiger partial charge < -0.3 is 14.8 Å². The summed E-state index contributed by atoms with van der Waals surface area (Å²) in [5, 5.41) is 12.7. The predicted octanol–water partition coefficient (Wildman–Crippen LogP) is 3.39. The van der Waals surface area contributed by atoms with Gasteiger partial charge in [-0.2, -0.15) is 0 Å². The Morgan fingerprint density at radius 2 is 2.12 bits per heavy atom. The van der Waals surface area contributed by atoms with Crippen LogP contribution in [0.15, 0.2) is 28.7 Å². The number of carbonyl (C=O) groups excluding carboxylic acids is 1. The zero-order valence-corrected chi connectivity index (χ0v) is 15.1. The van der Waals surface area contributed by atoms with Gasteiger partial charge in [0.25, 0.3) is 0 Å². The minimum Gasteiger partial charge on any atom is -0.441 e. The van der Waals surface area contributed by atoms with Crippen molar-refractivity contribution in [2.45, 2.75) is 45.4 Å². The number of benzene rings is 1. The van der Waals surface area contributed by atoms with Gasteiger partial charge in [0.1, 0.15) is 11.6 Å². The molecule has 0 aliphatic heterocycles. The Kier molecular flexibility index (Phi) is 5.71. The topological polar surface area (TPSA) is 75.4 Å². The van der Waals surface area contributed by atoms with E-state index in [2.05, 4.69) is 10.3 Å². The van der Waals surface area contributed by atoms with Gasteiger partial charge in [-0.05, 0) is 38.0 Å². The predicted molar refractivity (Wildman–Crippen MR) is 96.0 cm³/mol. The average molecular weight is 360 g/mol. The van der Waals surface area contributed by atoms with Crippen LogP contribution in [0.4, 0.5) is 4.39 Å². The summed E-state index contributed by atoms with van der Waals surface area (Å²) in [5.41, 5.74) is 0.893. The second-order valence-electron chi connectivity index (χ2n) is 7.20. The molecule has 2 N–H and O–H groups in total. The van der Waals surface area contributed by atoms with E-state index in [9.17, 15) is 14.3 Å². The van der Waals surface area contributed by atoms with E-state index in [1.807, 2.05) is 0 Å². The monoisotopic (exact) mass is 360 g/mol. The Morgan fingerprint density at radius 1 is 1.35 bits per heavy atom. The Bertz CT molecular complexity index is 766. The van der Waals surface area contributed by atoms with Crippen LogP contribution in [0.1, 0.15) is 43.6 Å². The molecule has 6 heteroatoms. The number of carbonyl (C=O) groups is 1. The van der Waals surface area contributed by atoms with Gasteiger partial charge in [0.05, 0.1) is 18.7 Å². The molecule has 1 aromatic heterocycles. The lowest BCUT2D eigenvalue weighted by Crippen LogP contribution is -2.41. The molecular weight excluding hydrogens is 335 g/mol. The van der Waals surface area contributed by atoms with Crippen LogP contribution in [0.2, 0.25) is 0 Å². The zero-order chi connectivity index (χ0) is 18.6. The number of nitrogens with zero attached hydrogens (tertiary/aromatic N) is 1. The molecule has 1 aliphatic carbocycles. The largest absolute Gasteiger partial charge is 0.441 e. The van der Waals surface area contributed by atoms with Gasteiger partial charge in [0.15, 0.2) is 0 Å². The van der Waals surface area contributed by atoms with Crippen molar-refractivity contribution in [3.63, 3.8) is 0 Å². The third kappa shape index (κ3) is 4.30. The summed E-state index contributed by atoms with van der Waals surface area (Å²) in [5.74, 6) is 0.350. The van der Waals surface area contributed by atoms with E-state index in [1.54, 1.807) is 19.1 Å². The molecule has 1 aromatic carbocycles. The van der Waals surface area contributed by atoms with Crippen molar-refractivity contribution < 1.29 is 18.7 Å². The minimum absolute atomic E-state index is 0.0972. The van der Waals surface area contributed by atoms with Gasteiger partial charge in [0.2, 0.25) is 11.8 Å². The molecule has 0 atom stereocenters. The molecule has 1 saturated carbocycles. The van der Waals surface area contributed by atoms with Crippen molar-refractivity contribution >= 4 is 5.91 Å². The quantitative estimate of drug-likeness (QED) is 0.828. The molecule has 1 heterocycles. The van der Waals surface area contributed by atoms with Gasteiger partial charge in [-0.1, -0.05) is 25.3 Å². The Hall–Kier alpha value is -2.21. The van der Waals surface area contributed by atoms with Crippen LogP contribution in [0.5, 0.6) is 0 Å². The number of aliphatic hydroxyl groups is 1. The van der Waals surface area contributed by atoms with Crippen LogP contribution in [0.3, 0.4) is 0 Å². The van der Waals surface area contributed by atoms with Crippen LogP contribution in [-0.2, 0) is 11.2 Å². The number of aliphatic hydroxyl groups excluding tert-OH is 1. The fraction of sp³-hybridized carbons (Fsp3) is 0.500. The first-order valence-electron chi connectivity index (χ1n) is 9.11. The van der Waals surface area contributed by atoms with Gasteiger partial charge in [-0.3, -0.25) is 4.79 Å². The van der Waals surface area contributed by atoms with Crippen molar-refractivity contribution in [3.05, 3.63) is 41.5 Å². The Labute approximate surface area is 152 Å². The first kappa shape index (κ1) is 18.6. The molecule has 140 valence electrons. The standard InChI is InChI=1S/C20H25FN2O3/c1-14-17(23-19(26-14)15-6-5-7-16(21)10-15)11-18(25)22-12-20(13-24)8-3-2-4-9-20/h5-7,10,24H,2-4,8-9,11-13H2,1H3,(H,22,25). The molecule has 0 spiro atoms. The highest BCUT2D eigenvalue weighted by Gasteiger charge is 2.31. The number of halogens is 1. The van der Waals surface area contributed by atoms with Crippen molar-refractivity contribution in [2.24, 2.45) is 5.41 Å². The van der Waals surface area contributed by atoms with E-state index < -0.39 is 0 Å². The van der Waals surface area contributed by atoms with Crippen LogP contribution in [0, 0.1) is 18.2 Å². The third-order valence-corrected chi connectivity index (χ3v) is 5.20. The number of hydrogen-bond acceptors (Lipinski definition) is 4. The van der Waals surface area contributed by atoms with E-state index in [4.69, 9.17) is 4.42 Å². The molecule has 0 saturated heterocycles. The number of aryl methyl sites for hydroxylation is 1. The highest BCUT2D eigenvalue weighted by atomic mass is 19.1. The number of oxazole rings is 1. The third-order valence-electron chi connectivity index (χ3n) is 5.20. The second-order valence-corrected chi connectivity index (χ2v) is 7.20. The lowest BCUT2D eigenvalue weighted by Gasteiger charge is -2.35. The van der Waals surface area contributed by atoms with E-state index in [-0.39, 0.29) is 30.2 Å². The van der Waals surface area contributed by atoms with E-state index in [0.717, 1.165) is 25.7 Å². The SMILES string of the molecule is Cc1oc(-c2cccc(F)c2)nc1CC(=O)NCC1(CO)CCCCC1. The maximum Gasteiger partial charge on any atom is 0.226 e. The zero-order valence-electron chi connectivity index (χ0n) is 15.1. The summed E-state index contributed by atoms with van der Waals surface area (Å²) in [6, 6.07) is 6.01. The van der Waals surface area contributed by atoms with Gasteiger partial charge in [0, 0.05) is 17.5 Å². The fourth-order valence-electron chi connectivity index (χ4n) is 3.53. The van der Waals surface area contributed by atoms with E-state index in [0.29, 0.717) is 29.5 Å². The van der Waals surface area contributed by atoms with Crippen molar-refractivity contribution in [1.29, 1.82) is 0 Å². The number of rotatable bonds is 6. The number of aromatic nitrogens is 1. The van der Waals surface area contributed by atoms with E-state index in [1.165, 1.54) is 18.6 Å². The maximum atomic E-state index is 13.4. The normalized spacial score (nSPS) is 16.4. The van der Waals surface area contributed by atoms with Crippen LogP contribution in [-0.4, -0.2) is 29.1 Å². The lowest BCUT2D eigenvalue weighted by molar-refractivity contribution is -0.121. The summed E-state index contributed by atoms with van der Waals surface area (Å²) in [7, 11) is 0. The van der Waals surface area contributed by atoms with Crippen LogP contribution < -0.4 is 5.32 Å². The first-order valence-corrected chi connectivity index (χ1v) is 9.11. The van der Waals surface area contributed by atoms with Crippen molar-refractivity contribution in [3.8, 4) is 11.5 Å². The summed E-state index contributed by atoms with van der Waals surface area (Å²) < 4.78 is 19.0. The van der Waals surface area contributed by atoms with Gasteiger partial charge in [-0.25, -0.2) is 9.37 Å². The molecule has 26 heavy (non-hydrogen) atoms. The molecule has 1 aliphatic rings. The smallest absolute Gasteiger partial charge is 0.226 e. The number of hydrogen-bond donors (Lipinski definition) is 2. The van der Waals surface area contributed by atoms with Gasteiger partial charge >= 0.3 is 0 Å². The molecule has 0 bridgehead atoms. The summed E-state index contributed by atoms with van der Waals surface area (Å²) in [6.45, 7) is 2.32. The van der Waals surface area contributed by atoms with E-state index >= 15 is 0 Å². The first-order chi connectivity index (χ1) is 12.5. The summed E-state index contributed by atoms with van der Waals surface area (Å²) in [4.78, 5) is 16.7. The molecule has 0 radical (unpaired) electrons. The number of nitrogens with one attached hydrogen (secondary N) is 1. The molecule has 1 fully saturated rings. The van der Waals surface area contributed by atoms with Crippen LogP contribution >= 0.6 is 0 Å². The maximum absolute atomic E-state index is 13.4. The van der Waals surface area contributed by atoms with Crippen LogP contribution in [0.25, 0.3) is 11.5 Å². The molecule has 2 aromatic rings. The van der Waals surface area contributed by atoms with Gasteiger partial charge in [-0.15, -0.1) is 0 Å². The Balaban J connectivity index is 1.62. The molecule has 1 amide bonds. The van der Waals surface area contributed by atoms with Crippen molar-refractivity contribution in [1.82, 2.24) is 10.3 Å². The summed E-state index contributed by atoms with van der Waals surface area (Å²) >= 11 is 0. The molecule has 5 nitrogen and oxygen atoms in total.